The Kier molecular flexibility index (Phi) is 5.91. The summed E-state index contributed by atoms with van der Waals surface area (Å²) >= 11 is 1.63. The van der Waals surface area contributed by atoms with E-state index in [1.54, 1.807) is 29.5 Å². The molecule has 174 valence electrons. The number of nitrogens with zero attached hydrogens (tertiary/aromatic N) is 4. The Bertz CT molecular complexity index is 1370. The summed E-state index contributed by atoms with van der Waals surface area (Å²) < 4.78 is 2.98. The lowest BCUT2D eigenvalue weighted by Gasteiger charge is -2.31. The summed E-state index contributed by atoms with van der Waals surface area (Å²) in [7, 11) is 0. The number of anilines is 2. The van der Waals surface area contributed by atoms with Crippen LogP contribution in [0, 0.1) is 19.8 Å². The Morgan fingerprint density at radius 3 is 2.68 bits per heavy atom. The van der Waals surface area contributed by atoms with Crippen LogP contribution in [0.4, 0.5) is 10.8 Å². The fraction of sp³-hybridized carbons (Fsp3) is 0.308. The summed E-state index contributed by atoms with van der Waals surface area (Å²) in [6, 6.07) is 15.4. The molecule has 3 heterocycles. The van der Waals surface area contributed by atoms with E-state index >= 15 is 0 Å². The Balaban J connectivity index is 1.35. The molecule has 0 aliphatic carbocycles. The molecule has 1 aliphatic rings. The molecule has 1 amide bonds. The van der Waals surface area contributed by atoms with Crippen molar-refractivity contribution in [3.05, 3.63) is 65.4 Å². The fourth-order valence-corrected chi connectivity index (χ4v) is 5.37. The molecule has 0 bridgehead atoms. The second-order valence-electron chi connectivity index (χ2n) is 8.89. The normalized spacial score (nSPS) is 16.1. The van der Waals surface area contributed by atoms with Crippen molar-refractivity contribution in [1.82, 2.24) is 14.8 Å². The average Bonchev–Trinajstić information content (AvgIpc) is 3.40. The minimum Gasteiger partial charge on any atom is -0.347 e. The van der Waals surface area contributed by atoms with E-state index in [1.165, 1.54) is 12.5 Å². The minimum atomic E-state index is -0.142. The van der Waals surface area contributed by atoms with Crippen molar-refractivity contribution in [3.8, 4) is 5.69 Å². The first kappa shape index (κ1) is 22.3. The lowest BCUT2D eigenvalue weighted by molar-refractivity contribution is -0.120. The number of hydrogen-bond donors (Lipinski definition) is 1. The first-order valence-corrected chi connectivity index (χ1v) is 12.3. The highest BCUT2D eigenvalue weighted by molar-refractivity contribution is 7.22. The van der Waals surface area contributed by atoms with Crippen molar-refractivity contribution >= 4 is 44.2 Å². The van der Waals surface area contributed by atoms with Gasteiger partial charge in [0.1, 0.15) is 0 Å². The number of benzene rings is 2. The number of fused-ring (bicyclic) bond motifs is 1. The van der Waals surface area contributed by atoms with Gasteiger partial charge in [-0.05, 0) is 57.9 Å². The van der Waals surface area contributed by atoms with E-state index in [4.69, 9.17) is 10.1 Å². The highest BCUT2D eigenvalue weighted by atomic mass is 32.1. The summed E-state index contributed by atoms with van der Waals surface area (Å²) in [4.78, 5) is 31.8. The molecule has 1 atom stereocenters. The molecule has 1 saturated heterocycles. The minimum absolute atomic E-state index is 0.0183. The molecule has 0 spiro atoms. The van der Waals surface area contributed by atoms with Crippen molar-refractivity contribution in [3.63, 3.8) is 0 Å². The number of piperidine rings is 1. The van der Waals surface area contributed by atoms with Crippen LogP contribution in [0.15, 0.2) is 48.5 Å². The predicted molar refractivity (Wildman–Crippen MR) is 136 cm³/mol. The van der Waals surface area contributed by atoms with E-state index in [1.807, 2.05) is 17.7 Å². The standard InChI is InChI=1S/C26H27N5O2S/c1-16-9-11-22(12-10-16)31-24-23(17(2)29-31)34-26(28-24)30-13-5-7-20(15-30)25(33)27-21-8-4-6-19(14-21)18(3)32/h4,6,8-12,14,20H,5,7,13,15H2,1-3H3,(H,27,33)/t20-/m0/s1. The second-order valence-corrected chi connectivity index (χ2v) is 9.87. The van der Waals surface area contributed by atoms with Crippen LogP contribution in [0.5, 0.6) is 0 Å². The van der Waals surface area contributed by atoms with Gasteiger partial charge in [-0.15, -0.1) is 0 Å². The van der Waals surface area contributed by atoms with Crippen molar-refractivity contribution in [2.75, 3.05) is 23.3 Å². The molecule has 1 fully saturated rings. The van der Waals surface area contributed by atoms with Crippen LogP contribution in [0.25, 0.3) is 16.0 Å². The zero-order chi connectivity index (χ0) is 23.8. The number of carbonyl (C=O) groups excluding carboxylic acids is 2. The van der Waals surface area contributed by atoms with E-state index in [9.17, 15) is 9.59 Å². The van der Waals surface area contributed by atoms with Crippen LogP contribution in [0.1, 0.15) is 41.4 Å². The van der Waals surface area contributed by atoms with Gasteiger partial charge in [0.25, 0.3) is 0 Å². The number of Topliss-reactive ketones (excluding diaryl/α,β-unsaturated/α-hetero) is 1. The van der Waals surface area contributed by atoms with Crippen LogP contribution in [-0.4, -0.2) is 39.5 Å². The Labute approximate surface area is 202 Å². The maximum Gasteiger partial charge on any atom is 0.229 e. The first-order chi connectivity index (χ1) is 16.4. The Morgan fingerprint density at radius 1 is 1.12 bits per heavy atom. The highest BCUT2D eigenvalue weighted by Crippen LogP contribution is 2.34. The van der Waals surface area contributed by atoms with Crippen molar-refractivity contribution in [1.29, 1.82) is 0 Å². The van der Waals surface area contributed by atoms with Crippen LogP contribution >= 0.6 is 11.3 Å². The third kappa shape index (κ3) is 4.33. The number of carbonyl (C=O) groups is 2. The summed E-state index contributed by atoms with van der Waals surface area (Å²) in [5.74, 6) is -0.180. The van der Waals surface area contributed by atoms with E-state index in [-0.39, 0.29) is 17.6 Å². The Hall–Kier alpha value is -3.52. The smallest absolute Gasteiger partial charge is 0.229 e. The van der Waals surface area contributed by atoms with Gasteiger partial charge in [-0.2, -0.15) is 10.1 Å². The number of thiazole rings is 1. The molecule has 0 unspecified atom stereocenters. The van der Waals surface area contributed by atoms with Crippen molar-refractivity contribution in [2.24, 2.45) is 5.92 Å². The van der Waals surface area contributed by atoms with Crippen LogP contribution in [0.2, 0.25) is 0 Å². The third-order valence-electron chi connectivity index (χ3n) is 6.26. The van der Waals surface area contributed by atoms with Gasteiger partial charge < -0.3 is 10.2 Å². The van der Waals surface area contributed by atoms with E-state index in [0.717, 1.165) is 46.2 Å². The van der Waals surface area contributed by atoms with Crippen molar-refractivity contribution in [2.45, 2.75) is 33.6 Å². The molecular weight excluding hydrogens is 446 g/mol. The number of hydrogen-bond acceptors (Lipinski definition) is 6. The quantitative estimate of drug-likeness (QED) is 0.405. The maximum absolute atomic E-state index is 13.0. The molecule has 8 heteroatoms. The van der Waals surface area contributed by atoms with Crippen LogP contribution in [-0.2, 0) is 4.79 Å². The number of amides is 1. The topological polar surface area (TPSA) is 80.1 Å². The van der Waals surface area contributed by atoms with Gasteiger partial charge in [0, 0.05) is 24.3 Å². The summed E-state index contributed by atoms with van der Waals surface area (Å²) in [6.45, 7) is 7.09. The molecule has 2 aromatic heterocycles. The molecule has 4 aromatic rings. The van der Waals surface area contributed by atoms with Gasteiger partial charge in [-0.25, -0.2) is 4.68 Å². The number of aromatic nitrogens is 3. The van der Waals surface area contributed by atoms with E-state index in [0.29, 0.717) is 17.8 Å². The number of ketones is 1. The van der Waals surface area contributed by atoms with Gasteiger partial charge in [0.15, 0.2) is 16.6 Å². The number of rotatable bonds is 5. The molecule has 5 rings (SSSR count). The predicted octanol–water partition coefficient (Wildman–Crippen LogP) is 5.16. The molecule has 34 heavy (non-hydrogen) atoms. The van der Waals surface area contributed by atoms with Crippen molar-refractivity contribution < 1.29 is 9.59 Å². The summed E-state index contributed by atoms with van der Waals surface area (Å²) in [5, 5.41) is 8.62. The molecule has 0 saturated carbocycles. The van der Waals surface area contributed by atoms with Gasteiger partial charge in [0.2, 0.25) is 5.91 Å². The summed E-state index contributed by atoms with van der Waals surface area (Å²) in [6.07, 6.45) is 1.75. The molecule has 1 aliphatic heterocycles. The van der Waals surface area contributed by atoms with Crippen LogP contribution in [0.3, 0.4) is 0 Å². The Morgan fingerprint density at radius 2 is 1.91 bits per heavy atom. The lowest BCUT2D eigenvalue weighted by atomic mass is 9.97. The fourth-order valence-electron chi connectivity index (χ4n) is 4.35. The van der Waals surface area contributed by atoms with Gasteiger partial charge in [-0.3, -0.25) is 9.59 Å². The van der Waals surface area contributed by atoms with Gasteiger partial charge in [-0.1, -0.05) is 41.2 Å². The van der Waals surface area contributed by atoms with E-state index < -0.39 is 0 Å². The monoisotopic (exact) mass is 473 g/mol. The number of aryl methyl sites for hydroxylation is 2. The first-order valence-electron chi connectivity index (χ1n) is 11.5. The SMILES string of the molecule is CC(=O)c1cccc(NC(=O)[C@H]2CCCN(c3nc4c(s3)c(C)nn4-c3ccc(C)cc3)C2)c1. The van der Waals surface area contributed by atoms with E-state index in [2.05, 4.69) is 41.4 Å². The average molecular weight is 474 g/mol. The molecule has 1 N–H and O–H groups in total. The third-order valence-corrected chi connectivity index (χ3v) is 7.47. The molecular formula is C26H27N5O2S. The molecule has 0 radical (unpaired) electrons. The summed E-state index contributed by atoms with van der Waals surface area (Å²) in [5.41, 5.74) is 5.25. The highest BCUT2D eigenvalue weighted by Gasteiger charge is 2.28. The zero-order valence-corrected chi connectivity index (χ0v) is 20.4. The largest absolute Gasteiger partial charge is 0.347 e. The molecule has 7 nitrogen and oxygen atoms in total. The van der Waals surface area contributed by atoms with Gasteiger partial charge >= 0.3 is 0 Å². The maximum atomic E-state index is 13.0. The molecule has 2 aromatic carbocycles. The van der Waals surface area contributed by atoms with Gasteiger partial charge in [0.05, 0.1) is 22.0 Å². The second kappa shape index (κ2) is 9.02. The number of nitrogens with one attached hydrogen (secondary N) is 1. The van der Waals surface area contributed by atoms with Crippen LogP contribution < -0.4 is 10.2 Å². The lowest BCUT2D eigenvalue weighted by Crippen LogP contribution is -2.40. The zero-order valence-electron chi connectivity index (χ0n) is 19.5.